The SMILES string of the molecule is [B]C(=O)O.[B]N=C=O.[F-]. The second kappa shape index (κ2) is 15.8. The summed E-state index contributed by atoms with van der Waals surface area (Å²) in [5, 5.41) is 7.19. The first-order valence-electron chi connectivity index (χ1n) is 1.40. The molecule has 0 spiro atoms. The van der Waals surface area contributed by atoms with Crippen LogP contribution in [-0.2, 0) is 4.79 Å². The molecule has 0 fully saturated rings. The molecular formula is C2HB2FNO3-. The first-order chi connectivity index (χ1) is 3.65. The highest BCUT2D eigenvalue weighted by molar-refractivity contribution is 6.54. The van der Waals surface area contributed by atoms with Gasteiger partial charge in [0.1, 0.15) is 0 Å². The molecule has 4 radical (unpaired) electrons. The van der Waals surface area contributed by atoms with Gasteiger partial charge in [0, 0.05) is 0 Å². The zero-order valence-electron chi connectivity index (χ0n) is 4.24. The molecule has 9 heavy (non-hydrogen) atoms. The Bertz CT molecular complexity index is 108. The molecule has 0 aromatic rings. The third-order valence-electron chi connectivity index (χ3n) is 0.0527. The van der Waals surface area contributed by atoms with Crippen molar-refractivity contribution in [3.63, 3.8) is 0 Å². The maximum Gasteiger partial charge on any atom is 0.278 e. The van der Waals surface area contributed by atoms with Crippen LogP contribution in [0, 0.1) is 0 Å². The Morgan fingerprint density at radius 1 is 1.67 bits per heavy atom. The van der Waals surface area contributed by atoms with Crippen LogP contribution in [0.1, 0.15) is 0 Å². The highest BCUT2D eigenvalue weighted by Gasteiger charge is 1.66. The summed E-state index contributed by atoms with van der Waals surface area (Å²) in [4.78, 5) is 20.0. The molecule has 4 nitrogen and oxygen atoms in total. The molecule has 1 N–H and O–H groups in total. The normalized spacial score (nSPS) is 4.44. The van der Waals surface area contributed by atoms with E-state index in [0.717, 1.165) is 6.08 Å². The van der Waals surface area contributed by atoms with Gasteiger partial charge in [0.2, 0.25) is 19.8 Å². The predicted octanol–water partition coefficient (Wildman–Crippen LogP) is -3.76. The molecule has 0 amide bonds. The first kappa shape index (κ1) is 15.7. The van der Waals surface area contributed by atoms with Crippen molar-refractivity contribution in [2.24, 2.45) is 4.90 Å². The summed E-state index contributed by atoms with van der Waals surface area (Å²) in [6, 6.07) is 0. The lowest BCUT2D eigenvalue weighted by Crippen LogP contribution is -3.00. The third-order valence-corrected chi connectivity index (χ3v) is 0.0527. The molecule has 0 saturated heterocycles. The number of isocyanates is 1. The Kier molecular flexibility index (Phi) is 27.5. The highest BCUT2D eigenvalue weighted by atomic mass is 19.0. The molecule has 0 unspecified atom stereocenters. The number of carboxylic acid groups (broad SMARTS) is 1. The summed E-state index contributed by atoms with van der Waals surface area (Å²) in [5.41, 5.74) is 0. The lowest BCUT2D eigenvalue weighted by molar-refractivity contribution is -0.00000795. The van der Waals surface area contributed by atoms with E-state index < -0.39 is 5.87 Å². The molecule has 0 aliphatic carbocycles. The number of hydrogen-bond donors (Lipinski definition) is 1. The summed E-state index contributed by atoms with van der Waals surface area (Å²) in [6.07, 6.45) is 1.08. The van der Waals surface area contributed by atoms with Crippen molar-refractivity contribution in [1.82, 2.24) is 0 Å². The zero-order valence-corrected chi connectivity index (χ0v) is 4.24. The van der Waals surface area contributed by atoms with Gasteiger partial charge in [-0.2, -0.15) is 0 Å². The minimum absolute atomic E-state index is 0. The molecule has 0 atom stereocenters. The first-order valence-corrected chi connectivity index (χ1v) is 1.40. The van der Waals surface area contributed by atoms with Crippen LogP contribution in [0.4, 0.5) is 4.79 Å². The lowest BCUT2D eigenvalue weighted by atomic mass is 10.2. The largest absolute Gasteiger partial charge is 1.00 e. The third kappa shape index (κ3) is 20500. The van der Waals surface area contributed by atoms with E-state index in [1.54, 1.807) is 0 Å². The highest BCUT2D eigenvalue weighted by Crippen LogP contribution is 1.41. The van der Waals surface area contributed by atoms with Gasteiger partial charge in [0.15, 0.2) is 0 Å². The molecule has 46 valence electrons. The van der Waals surface area contributed by atoms with Gasteiger partial charge in [-0.25, -0.2) is 4.79 Å². The van der Waals surface area contributed by atoms with E-state index in [-0.39, 0.29) is 4.70 Å². The van der Waals surface area contributed by atoms with Crippen LogP contribution >= 0.6 is 0 Å². The molecule has 0 heterocycles. The van der Waals surface area contributed by atoms with Gasteiger partial charge in [-0.15, -0.1) is 0 Å². The summed E-state index contributed by atoms with van der Waals surface area (Å²) < 4.78 is 0. The number of nitrogens with zero attached hydrogens (tertiary/aromatic N) is 1. The monoisotopic (exact) mass is 128 g/mol. The fourth-order valence-electron chi connectivity index (χ4n) is 0. The minimum atomic E-state index is -1.33. The average Bonchev–Trinajstić information content (AvgIpc) is 1.65. The second-order valence-electron chi connectivity index (χ2n) is 0.559. The predicted molar refractivity (Wildman–Crippen MR) is 27.7 cm³/mol. The molecule has 0 aliphatic heterocycles. The Morgan fingerprint density at radius 2 is 1.78 bits per heavy atom. The molecule has 0 aliphatic rings. The van der Waals surface area contributed by atoms with Crippen molar-refractivity contribution in [1.29, 1.82) is 0 Å². The number of rotatable bonds is 0. The van der Waals surface area contributed by atoms with Crippen molar-refractivity contribution >= 4 is 27.8 Å². The van der Waals surface area contributed by atoms with Crippen molar-refractivity contribution in [2.75, 3.05) is 0 Å². The van der Waals surface area contributed by atoms with Gasteiger partial charge >= 0.3 is 0 Å². The standard InChI is InChI=1S/CBNO.CHBO2.FH/c2-3-1-4;2-1(3)4;/h;(H,3,4);1H/p-1. The van der Waals surface area contributed by atoms with Crippen LogP contribution in [0.5, 0.6) is 0 Å². The van der Waals surface area contributed by atoms with E-state index in [4.69, 9.17) is 14.7 Å². The van der Waals surface area contributed by atoms with Crippen molar-refractivity contribution in [2.45, 2.75) is 0 Å². The van der Waals surface area contributed by atoms with Crippen LogP contribution in [0.3, 0.4) is 0 Å². The summed E-state index contributed by atoms with van der Waals surface area (Å²) in [7, 11) is 8.26. The van der Waals surface area contributed by atoms with E-state index in [0.29, 0.717) is 0 Å². The van der Waals surface area contributed by atoms with Gasteiger partial charge in [0.05, 0.1) is 0 Å². The Morgan fingerprint density at radius 3 is 1.78 bits per heavy atom. The Hall–Kier alpha value is -1.09. The quantitative estimate of drug-likeness (QED) is 0.207. The summed E-state index contributed by atoms with van der Waals surface area (Å²) in [6.45, 7) is 0. The van der Waals surface area contributed by atoms with Crippen LogP contribution in [-0.4, -0.2) is 32.9 Å². The van der Waals surface area contributed by atoms with E-state index in [2.05, 4.69) is 20.7 Å². The fraction of sp³-hybridized carbons (Fsp3) is 0. The molecular weight excluding hydrogens is 127 g/mol. The number of halogens is 1. The van der Waals surface area contributed by atoms with E-state index in [1.807, 2.05) is 0 Å². The molecule has 0 rings (SSSR count). The average molecular weight is 128 g/mol. The van der Waals surface area contributed by atoms with Crippen LogP contribution < -0.4 is 4.70 Å². The van der Waals surface area contributed by atoms with Crippen molar-refractivity contribution in [3.05, 3.63) is 0 Å². The van der Waals surface area contributed by atoms with Crippen LogP contribution in [0.15, 0.2) is 4.90 Å². The number of carbonyl (C=O) groups is 1. The number of carbonyl (C=O) groups excluding carboxylic acids is 1. The van der Waals surface area contributed by atoms with E-state index in [1.165, 1.54) is 0 Å². The summed E-state index contributed by atoms with van der Waals surface area (Å²) in [5.74, 6) is -1.33. The minimum Gasteiger partial charge on any atom is -1.00 e. The zero-order chi connectivity index (χ0) is 6.99. The van der Waals surface area contributed by atoms with Gasteiger partial charge in [-0.3, -0.25) is 9.70 Å². The lowest BCUT2D eigenvalue weighted by Gasteiger charge is -1.59. The molecule has 0 aromatic carbocycles. The van der Waals surface area contributed by atoms with Crippen LogP contribution in [0.25, 0.3) is 0 Å². The van der Waals surface area contributed by atoms with E-state index in [9.17, 15) is 0 Å². The smallest absolute Gasteiger partial charge is 0.278 e. The van der Waals surface area contributed by atoms with E-state index >= 15 is 0 Å². The second-order valence-corrected chi connectivity index (χ2v) is 0.559. The molecule has 0 saturated carbocycles. The Labute approximate surface area is 53.2 Å². The molecule has 0 bridgehead atoms. The van der Waals surface area contributed by atoms with Gasteiger partial charge in [0.25, 0.3) is 7.98 Å². The maximum atomic E-state index is 8.78. The molecule has 7 heteroatoms. The maximum absolute atomic E-state index is 8.78. The topological polar surface area (TPSA) is 66.7 Å². The van der Waals surface area contributed by atoms with Gasteiger partial charge < -0.3 is 9.81 Å². The van der Waals surface area contributed by atoms with Gasteiger partial charge in [-0.1, -0.05) is 0 Å². The number of hydrogen-bond acceptors (Lipinski definition) is 3. The Balaban J connectivity index is -0.0000000720. The fourth-order valence-corrected chi connectivity index (χ4v) is 0. The van der Waals surface area contributed by atoms with Crippen LogP contribution in [0.2, 0.25) is 0 Å². The van der Waals surface area contributed by atoms with Crippen molar-refractivity contribution < 1.29 is 19.4 Å². The van der Waals surface area contributed by atoms with Gasteiger partial charge in [-0.05, 0) is 0 Å². The summed E-state index contributed by atoms with van der Waals surface area (Å²) >= 11 is 0. The van der Waals surface area contributed by atoms with Crippen molar-refractivity contribution in [3.8, 4) is 0 Å². The molecule has 0 aromatic heterocycles.